The summed E-state index contributed by atoms with van der Waals surface area (Å²) in [6.45, 7) is 5.68. The van der Waals surface area contributed by atoms with E-state index >= 15 is 0 Å². The van der Waals surface area contributed by atoms with Crippen molar-refractivity contribution in [2.75, 3.05) is 6.54 Å². The Morgan fingerprint density at radius 1 is 1.60 bits per heavy atom. The second kappa shape index (κ2) is 6.86. The van der Waals surface area contributed by atoms with Crippen LogP contribution in [0.5, 0.6) is 0 Å². The van der Waals surface area contributed by atoms with Crippen molar-refractivity contribution in [1.29, 1.82) is 0 Å². The number of nitrogens with one attached hydrogen (secondary N) is 1. The first-order chi connectivity index (χ1) is 9.28. The van der Waals surface area contributed by atoms with E-state index in [0.717, 1.165) is 11.3 Å². The third-order valence-electron chi connectivity index (χ3n) is 1.79. The minimum absolute atomic E-state index is 0.0406. The van der Waals surface area contributed by atoms with E-state index in [0.29, 0.717) is 18.0 Å². The molecule has 0 fully saturated rings. The largest absolute Gasteiger partial charge is 0.444 e. The number of carbonyl (C=O) groups is 1. The van der Waals surface area contributed by atoms with Gasteiger partial charge in [-0.3, -0.25) is 10.1 Å². The molecule has 20 heavy (non-hydrogen) atoms. The van der Waals surface area contributed by atoms with E-state index in [1.165, 1.54) is 6.20 Å². The predicted molar refractivity (Wildman–Crippen MR) is 74.5 cm³/mol. The number of hydrogen-bond donors (Lipinski definition) is 1. The molecule has 0 radical (unpaired) electrons. The van der Waals surface area contributed by atoms with Gasteiger partial charge in [-0.25, -0.2) is 9.78 Å². The smallest absolute Gasteiger partial charge is 0.407 e. The van der Waals surface area contributed by atoms with Crippen molar-refractivity contribution >= 4 is 22.4 Å². The molecular weight excluding hydrogens is 282 g/mol. The van der Waals surface area contributed by atoms with Crippen LogP contribution < -0.4 is 5.32 Å². The molecule has 8 heteroatoms. The lowest BCUT2D eigenvalue weighted by Gasteiger charge is -2.19. The van der Waals surface area contributed by atoms with Crippen LogP contribution in [-0.2, 0) is 4.74 Å². The quantitative estimate of drug-likeness (QED) is 0.400. The zero-order chi connectivity index (χ0) is 15.2. The maximum Gasteiger partial charge on any atom is 0.407 e. The monoisotopic (exact) mass is 297 g/mol. The molecule has 1 amide bonds. The van der Waals surface area contributed by atoms with E-state index in [1.807, 2.05) is 0 Å². The molecular formula is C12H15N3O4S. The Morgan fingerprint density at radius 2 is 2.30 bits per heavy atom. The number of nitrogens with zero attached hydrogens (tertiary/aromatic N) is 2. The third-order valence-corrected chi connectivity index (χ3v) is 2.65. The van der Waals surface area contributed by atoms with Crippen LogP contribution in [0.1, 0.15) is 32.2 Å². The van der Waals surface area contributed by atoms with E-state index in [9.17, 15) is 14.9 Å². The van der Waals surface area contributed by atoms with Crippen LogP contribution in [0, 0.1) is 22.0 Å². The predicted octanol–water partition coefficient (Wildman–Crippen LogP) is 2.32. The van der Waals surface area contributed by atoms with Gasteiger partial charge >= 0.3 is 11.1 Å². The second-order valence-corrected chi connectivity index (χ2v) is 5.75. The highest BCUT2D eigenvalue weighted by molar-refractivity contribution is 7.15. The highest BCUT2D eigenvalue weighted by Gasteiger charge is 2.15. The van der Waals surface area contributed by atoms with Crippen molar-refractivity contribution in [2.24, 2.45) is 0 Å². The molecule has 0 unspecified atom stereocenters. The van der Waals surface area contributed by atoms with Gasteiger partial charge < -0.3 is 10.1 Å². The fraction of sp³-hybridized carbons (Fsp3) is 0.500. The highest BCUT2D eigenvalue weighted by Crippen LogP contribution is 2.19. The second-order valence-electron chi connectivity index (χ2n) is 4.74. The summed E-state index contributed by atoms with van der Waals surface area (Å²) in [6, 6.07) is 0. The van der Waals surface area contributed by atoms with Gasteiger partial charge in [0.15, 0.2) is 5.01 Å². The van der Waals surface area contributed by atoms with Gasteiger partial charge in [0.2, 0.25) is 0 Å². The molecule has 0 aliphatic heterocycles. The number of hydrogen-bond acceptors (Lipinski definition) is 6. The standard InChI is InChI=1S/C12H15N3O4S/c1-12(2,3)19-11(16)13-7-5-4-6-9-14-8-10(20-9)15(17)18/h8H,5,7H2,1-3H3,(H,13,16). The molecule has 0 saturated carbocycles. The molecule has 0 bridgehead atoms. The number of aromatic nitrogens is 1. The maximum absolute atomic E-state index is 11.3. The average molecular weight is 297 g/mol. The Labute approximate surface area is 120 Å². The molecule has 0 saturated heterocycles. The first kappa shape index (κ1) is 15.9. The first-order valence-electron chi connectivity index (χ1n) is 5.84. The molecule has 0 aliphatic rings. The van der Waals surface area contributed by atoms with Crippen molar-refractivity contribution in [1.82, 2.24) is 10.3 Å². The SMILES string of the molecule is CC(C)(C)OC(=O)NCCC#Cc1ncc([N+](=O)[O-])s1. The minimum atomic E-state index is -0.532. The lowest BCUT2D eigenvalue weighted by molar-refractivity contribution is -0.380. The summed E-state index contributed by atoms with van der Waals surface area (Å²) in [5.41, 5.74) is -0.532. The highest BCUT2D eigenvalue weighted by atomic mass is 32.1. The van der Waals surface area contributed by atoms with Gasteiger partial charge in [0.05, 0.1) is 4.92 Å². The number of thiazole rings is 1. The van der Waals surface area contributed by atoms with Crippen molar-refractivity contribution < 1.29 is 14.5 Å². The summed E-state index contributed by atoms with van der Waals surface area (Å²) < 4.78 is 5.05. The number of rotatable bonds is 3. The molecule has 1 rings (SSSR count). The van der Waals surface area contributed by atoms with Gasteiger partial charge in [-0.2, -0.15) is 0 Å². The fourth-order valence-corrected chi connectivity index (χ4v) is 1.69. The van der Waals surface area contributed by atoms with Crippen molar-refractivity contribution in [3.8, 4) is 11.8 Å². The summed E-state index contributed by atoms with van der Waals surface area (Å²) in [5, 5.41) is 13.3. The van der Waals surface area contributed by atoms with Crippen LogP contribution >= 0.6 is 11.3 Å². The number of ether oxygens (including phenoxy) is 1. The Morgan fingerprint density at radius 3 is 2.85 bits per heavy atom. The van der Waals surface area contributed by atoms with E-state index in [4.69, 9.17) is 4.74 Å². The molecule has 1 aromatic rings. The fourth-order valence-electron chi connectivity index (χ4n) is 1.09. The summed E-state index contributed by atoms with van der Waals surface area (Å²) in [6.07, 6.45) is 1.09. The van der Waals surface area contributed by atoms with Crippen molar-refractivity contribution in [3.63, 3.8) is 0 Å². The van der Waals surface area contributed by atoms with Gasteiger partial charge in [-0.15, -0.1) is 0 Å². The lowest BCUT2D eigenvalue weighted by atomic mass is 10.2. The van der Waals surface area contributed by atoms with Crippen LogP contribution in [0.25, 0.3) is 0 Å². The Kier molecular flexibility index (Phi) is 5.46. The van der Waals surface area contributed by atoms with Crippen LogP contribution in [0.2, 0.25) is 0 Å². The zero-order valence-electron chi connectivity index (χ0n) is 11.4. The first-order valence-corrected chi connectivity index (χ1v) is 6.65. The average Bonchev–Trinajstić information content (AvgIpc) is 2.75. The van der Waals surface area contributed by atoms with Crippen molar-refractivity contribution in [2.45, 2.75) is 32.8 Å². The van der Waals surface area contributed by atoms with Crippen LogP contribution in [0.15, 0.2) is 6.20 Å². The van der Waals surface area contributed by atoms with Crippen LogP contribution in [0.4, 0.5) is 9.80 Å². The number of amides is 1. The lowest BCUT2D eigenvalue weighted by Crippen LogP contribution is -2.32. The van der Waals surface area contributed by atoms with Gasteiger partial charge in [0.25, 0.3) is 0 Å². The van der Waals surface area contributed by atoms with Gasteiger partial charge in [-0.1, -0.05) is 5.92 Å². The molecule has 0 spiro atoms. The summed E-state index contributed by atoms with van der Waals surface area (Å²) >= 11 is 0.917. The van der Waals surface area contributed by atoms with Gasteiger partial charge in [0.1, 0.15) is 11.8 Å². The molecule has 1 heterocycles. The molecule has 1 N–H and O–H groups in total. The normalized spacial score (nSPS) is 10.3. The maximum atomic E-state index is 11.3. The summed E-state index contributed by atoms with van der Waals surface area (Å²) in [7, 11) is 0. The molecule has 0 aliphatic carbocycles. The van der Waals surface area contributed by atoms with E-state index in [1.54, 1.807) is 20.8 Å². The number of alkyl carbamates (subject to hydrolysis) is 1. The molecule has 0 aromatic carbocycles. The Bertz CT molecular complexity index is 551. The number of carbonyl (C=O) groups excluding carboxylic acids is 1. The third kappa shape index (κ3) is 6.15. The van der Waals surface area contributed by atoms with Crippen LogP contribution in [-0.4, -0.2) is 28.1 Å². The van der Waals surface area contributed by atoms with E-state index < -0.39 is 16.6 Å². The summed E-state index contributed by atoms with van der Waals surface area (Å²) in [5.74, 6) is 5.48. The van der Waals surface area contributed by atoms with Gasteiger partial charge in [-0.05, 0) is 38.0 Å². The molecule has 108 valence electrons. The van der Waals surface area contributed by atoms with E-state index in [2.05, 4.69) is 22.1 Å². The number of nitro groups is 1. The molecule has 1 aromatic heterocycles. The van der Waals surface area contributed by atoms with E-state index in [-0.39, 0.29) is 5.00 Å². The molecule has 0 atom stereocenters. The molecule has 7 nitrogen and oxygen atoms in total. The zero-order valence-corrected chi connectivity index (χ0v) is 12.2. The Balaban J connectivity index is 2.33. The topological polar surface area (TPSA) is 94.4 Å². The van der Waals surface area contributed by atoms with Crippen LogP contribution in [0.3, 0.4) is 0 Å². The Hall–Kier alpha value is -2.14. The van der Waals surface area contributed by atoms with Gasteiger partial charge in [0, 0.05) is 13.0 Å². The van der Waals surface area contributed by atoms with Crippen molar-refractivity contribution in [3.05, 3.63) is 21.3 Å². The summed E-state index contributed by atoms with van der Waals surface area (Å²) in [4.78, 5) is 25.1. The minimum Gasteiger partial charge on any atom is -0.444 e.